The lowest BCUT2D eigenvalue weighted by Crippen LogP contribution is -2.54. The zero-order chi connectivity index (χ0) is 66.2. The molecule has 2 fully saturated rings. The summed E-state index contributed by atoms with van der Waals surface area (Å²) in [4.78, 5) is 129. The average Bonchev–Trinajstić information content (AvgIpc) is 3.21. The molecule has 12 atom stereocenters. The van der Waals surface area contributed by atoms with Crippen LogP contribution in [0.5, 0.6) is 0 Å². The van der Waals surface area contributed by atoms with Crippen LogP contribution >= 0.6 is 11.8 Å². The van der Waals surface area contributed by atoms with E-state index < -0.39 is 54.4 Å². The molecule has 2 heterocycles. The number of anilines is 1. The number of thioether (sulfide) groups is 1. The number of carbonyl (C=O) groups excluding carboxylic acids is 9. The Bertz CT molecular complexity index is 2600. The molecule has 2 aliphatic rings. The monoisotopic (exact) mass is 1260 g/mol. The van der Waals surface area contributed by atoms with Crippen LogP contribution in [0.2, 0.25) is 0 Å². The van der Waals surface area contributed by atoms with Crippen molar-refractivity contribution in [2.45, 2.75) is 214 Å². The number of unbranched alkanes of at least 4 members (excludes halogenated alkanes) is 3. The van der Waals surface area contributed by atoms with Gasteiger partial charge in [0.05, 0.1) is 60.7 Å². The van der Waals surface area contributed by atoms with Crippen LogP contribution in [-0.2, 0) is 59.2 Å². The second-order valence-electron chi connectivity index (χ2n) is 25.9. The Balaban J connectivity index is 1.30. The number of Topliss-reactive ketones (excluding diaryl/α,β-unsaturated/α-hetero) is 3. The molecule has 20 heteroatoms. The minimum Gasteiger partial charge on any atom is -0.445 e. The predicted octanol–water partition coefficient (Wildman–Crippen LogP) is 10.1. The molecule has 0 aromatic heterocycles. The van der Waals surface area contributed by atoms with Crippen LogP contribution in [0.25, 0.3) is 0 Å². The van der Waals surface area contributed by atoms with E-state index in [1.807, 2.05) is 99.6 Å². The van der Waals surface area contributed by atoms with Gasteiger partial charge in [-0.15, -0.1) is 11.8 Å². The number of amides is 6. The lowest BCUT2D eigenvalue weighted by atomic mass is 9.83. The molecule has 2 aromatic rings. The molecule has 2 aliphatic heterocycles. The van der Waals surface area contributed by atoms with Crippen molar-refractivity contribution in [2.24, 2.45) is 41.4 Å². The van der Waals surface area contributed by atoms with Crippen molar-refractivity contribution in [2.75, 3.05) is 59.0 Å². The van der Waals surface area contributed by atoms with Crippen molar-refractivity contribution in [1.82, 2.24) is 24.9 Å². The Kier molecular flexibility index (Phi) is 32.0. The van der Waals surface area contributed by atoms with Crippen molar-refractivity contribution in [3.05, 3.63) is 65.7 Å². The number of hydrogen-bond donors (Lipinski definition) is 3. The molecular weight excluding hydrogens is 1150 g/mol. The summed E-state index contributed by atoms with van der Waals surface area (Å²) in [6, 6.07) is 13.8. The Hall–Kier alpha value is -5.70. The van der Waals surface area contributed by atoms with Gasteiger partial charge in [0.25, 0.3) is 0 Å². The van der Waals surface area contributed by atoms with Crippen molar-refractivity contribution in [3.8, 4) is 0 Å². The molecule has 0 spiro atoms. The first-order chi connectivity index (χ1) is 42.2. The number of hydrogen-bond acceptors (Lipinski definition) is 15. The largest absolute Gasteiger partial charge is 0.445 e. The maximum absolute atomic E-state index is 14.8. The quantitative estimate of drug-likeness (QED) is 0.0416. The van der Waals surface area contributed by atoms with Gasteiger partial charge in [-0.25, -0.2) is 4.79 Å². The molecule has 2 saturated heterocycles. The Morgan fingerprint density at radius 3 is 2.02 bits per heavy atom. The van der Waals surface area contributed by atoms with Crippen LogP contribution < -0.4 is 10.6 Å². The number of imide groups is 1. The number of rotatable bonds is 40. The second-order valence-corrected chi connectivity index (χ2v) is 27.2. The molecule has 6 amide bonds. The fraction of sp³-hybridized carbons (Fsp3) is 0.696. The maximum Gasteiger partial charge on any atom is 0.410 e. The molecule has 3 N–H and O–H groups in total. The van der Waals surface area contributed by atoms with Crippen LogP contribution in [0.15, 0.2) is 54.6 Å². The summed E-state index contributed by atoms with van der Waals surface area (Å²) in [7, 11) is 6.32. The van der Waals surface area contributed by atoms with Crippen molar-refractivity contribution in [1.29, 1.82) is 0 Å². The van der Waals surface area contributed by atoms with Gasteiger partial charge in [0.1, 0.15) is 12.4 Å². The zero-order valence-corrected chi connectivity index (χ0v) is 56.9. The highest BCUT2D eigenvalue weighted by molar-refractivity contribution is 8.00. The maximum atomic E-state index is 14.8. The highest BCUT2D eigenvalue weighted by Crippen LogP contribution is 2.34. The number of ketones is 3. The molecule has 19 nitrogen and oxygen atoms in total. The predicted molar refractivity (Wildman–Crippen MR) is 349 cm³/mol. The van der Waals surface area contributed by atoms with Crippen molar-refractivity contribution >= 4 is 70.4 Å². The number of ether oxygens (including phenoxy) is 3. The number of benzene rings is 2. The first-order valence-electron chi connectivity index (χ1n) is 32.6. The first-order valence-corrected chi connectivity index (χ1v) is 33.7. The average molecular weight is 1260 g/mol. The number of carbonyl (C=O) groups is 9. The van der Waals surface area contributed by atoms with Crippen molar-refractivity contribution < 1.29 is 62.5 Å². The van der Waals surface area contributed by atoms with Crippen LogP contribution in [0.4, 0.5) is 10.5 Å². The van der Waals surface area contributed by atoms with Gasteiger partial charge < -0.3 is 44.7 Å². The molecule has 89 heavy (non-hydrogen) atoms. The van der Waals surface area contributed by atoms with E-state index in [0.717, 1.165) is 30.6 Å². The highest BCUT2D eigenvalue weighted by Gasteiger charge is 2.44. The van der Waals surface area contributed by atoms with Crippen LogP contribution in [0.3, 0.4) is 0 Å². The number of aliphatic hydroxyl groups excluding tert-OH is 1. The van der Waals surface area contributed by atoms with Gasteiger partial charge in [-0.3, -0.25) is 43.3 Å². The minimum atomic E-state index is -0.912. The number of nitrogens with one attached hydrogen (secondary N) is 2. The third-order valence-corrected chi connectivity index (χ3v) is 19.5. The summed E-state index contributed by atoms with van der Waals surface area (Å²) >= 11 is 1.55. The van der Waals surface area contributed by atoms with E-state index in [1.165, 1.54) is 24.0 Å². The number of likely N-dealkylation sites (tertiary alicyclic amines) is 2. The van der Waals surface area contributed by atoms with E-state index in [0.29, 0.717) is 56.4 Å². The van der Waals surface area contributed by atoms with E-state index in [4.69, 9.17) is 14.2 Å². The second kappa shape index (κ2) is 37.6. The van der Waals surface area contributed by atoms with Gasteiger partial charge in [0.2, 0.25) is 29.5 Å². The van der Waals surface area contributed by atoms with Gasteiger partial charge in [-0.2, -0.15) is 0 Å². The first kappa shape index (κ1) is 75.8. The lowest BCUT2D eigenvalue weighted by Gasteiger charge is -2.41. The van der Waals surface area contributed by atoms with E-state index in [2.05, 4.69) is 17.6 Å². The molecule has 4 rings (SSSR count). The van der Waals surface area contributed by atoms with E-state index in [1.54, 1.807) is 60.0 Å². The fourth-order valence-corrected chi connectivity index (χ4v) is 13.8. The lowest BCUT2D eigenvalue weighted by molar-refractivity contribution is -0.149. The molecule has 498 valence electrons. The SMILES string of the molecule is CCCCSC1CC(=O)N(CCCCCC(=O)N[C@H](C(=O)CNc2ccc(COC(=O)N(C)[C@H](C(=O)C[C@H](C(=O)N(C)[C@@H]([C@@H](C)CC)[C@@H](CC(=O)N3CCC[C@H]3[C@H](OC)[C@@H](C)C(=O)C[C@H](C)[C@@H](O)c3ccccc3)OC)C(C)C)C(C)C)cc2)C(C)C)C1=O. The number of methoxy groups -OCH3 is 2. The van der Waals surface area contributed by atoms with Gasteiger partial charge in [0, 0.05) is 84.6 Å². The Morgan fingerprint density at radius 1 is 0.753 bits per heavy atom. The van der Waals surface area contributed by atoms with E-state index in [9.17, 15) is 48.3 Å². The van der Waals surface area contributed by atoms with Crippen LogP contribution in [-0.4, -0.2) is 173 Å². The highest BCUT2D eigenvalue weighted by atomic mass is 32.2. The summed E-state index contributed by atoms with van der Waals surface area (Å²) in [6.07, 6.45) is 3.53. The standard InChI is InChI=1S/C69H108N6O13S/c1-16-18-36-89-58-40-61(81)75(68(58)84)34-24-20-23-29-59(79)71-62(44(5)6)56(78)41-70-51-32-30-49(31-33-51)42-88-69(85)73(13)63(45(7)8)55(77)38-52(43(3)4)67(83)72(12)64(46(9)17-2)57(86-14)39-60(80)74-35-25-28-53(74)66(87-15)48(11)54(76)37-47(10)65(82)50-26-21-19-22-27-50/h19,21-22,26-27,30-33,43-48,52-53,57-58,62-66,70,82H,16-18,20,23-25,28-29,34-42H2,1-15H3,(H,71,79)/t46-,47-,48-,52-,53-,57+,58?,62-,63-,64-,65+,66+/m0/s1. The molecular formula is C69H108N6O13S. The van der Waals surface area contributed by atoms with Gasteiger partial charge >= 0.3 is 6.09 Å². The van der Waals surface area contributed by atoms with Gasteiger partial charge in [-0.05, 0) is 90.7 Å². The number of likely N-dealkylation sites (N-methyl/N-ethyl adjacent to an activating group) is 2. The summed E-state index contributed by atoms with van der Waals surface area (Å²) in [5.41, 5.74) is 2.05. The van der Waals surface area contributed by atoms with E-state index >= 15 is 0 Å². The number of aliphatic hydroxyl groups is 1. The third kappa shape index (κ3) is 22.0. The van der Waals surface area contributed by atoms with Crippen LogP contribution in [0, 0.1) is 41.4 Å². The molecule has 0 radical (unpaired) electrons. The Labute approximate surface area is 535 Å². The summed E-state index contributed by atoms with van der Waals surface area (Å²) < 4.78 is 17.9. The molecule has 1 unspecified atom stereocenters. The topological polar surface area (TPSA) is 239 Å². The van der Waals surface area contributed by atoms with E-state index in [-0.39, 0.29) is 133 Å². The molecule has 0 saturated carbocycles. The smallest absolute Gasteiger partial charge is 0.410 e. The summed E-state index contributed by atoms with van der Waals surface area (Å²) in [6.45, 7) is 21.7. The van der Waals surface area contributed by atoms with Gasteiger partial charge in [0.15, 0.2) is 11.6 Å². The third-order valence-electron chi connectivity index (χ3n) is 18.2. The molecule has 0 aliphatic carbocycles. The fourth-order valence-electron chi connectivity index (χ4n) is 12.5. The minimum absolute atomic E-state index is 0.0317. The summed E-state index contributed by atoms with van der Waals surface area (Å²) in [5, 5.41) is 16.8. The number of nitrogens with zero attached hydrogens (tertiary/aromatic N) is 4. The Morgan fingerprint density at radius 2 is 1.43 bits per heavy atom. The molecule has 2 aromatic carbocycles. The molecule has 0 bridgehead atoms. The zero-order valence-electron chi connectivity index (χ0n) is 56.1. The normalized spacial score (nSPS) is 18.6. The van der Waals surface area contributed by atoms with Crippen LogP contribution in [0.1, 0.15) is 177 Å². The van der Waals surface area contributed by atoms with Crippen molar-refractivity contribution in [3.63, 3.8) is 0 Å². The van der Waals surface area contributed by atoms with Gasteiger partial charge in [-0.1, -0.05) is 138 Å². The summed E-state index contributed by atoms with van der Waals surface area (Å²) in [5.74, 6) is -3.14.